The number of rotatable bonds is 7. The van der Waals surface area contributed by atoms with Gasteiger partial charge in [-0.05, 0) is 33.3 Å². The predicted octanol–water partition coefficient (Wildman–Crippen LogP) is 3.78. The van der Waals surface area contributed by atoms with E-state index in [0.29, 0.717) is 29.6 Å². The highest BCUT2D eigenvalue weighted by molar-refractivity contribution is 6.32. The van der Waals surface area contributed by atoms with Crippen molar-refractivity contribution in [1.82, 2.24) is 9.78 Å². The summed E-state index contributed by atoms with van der Waals surface area (Å²) in [5, 5.41) is 4.65. The second kappa shape index (κ2) is 8.31. The summed E-state index contributed by atoms with van der Waals surface area (Å²) in [6.45, 7) is 8.69. The molecule has 0 aliphatic rings. The van der Waals surface area contributed by atoms with Gasteiger partial charge in [0.1, 0.15) is 17.3 Å². The van der Waals surface area contributed by atoms with Gasteiger partial charge in [-0.15, -0.1) is 0 Å². The number of ether oxygens (including phenoxy) is 2. The van der Waals surface area contributed by atoms with E-state index < -0.39 is 5.97 Å². The quantitative estimate of drug-likeness (QED) is 0.563. The molecule has 0 spiro atoms. The van der Waals surface area contributed by atoms with Crippen molar-refractivity contribution in [3.05, 3.63) is 51.8 Å². The Morgan fingerprint density at radius 2 is 1.88 bits per heavy atom. The fourth-order valence-corrected chi connectivity index (χ4v) is 2.56. The van der Waals surface area contributed by atoms with Crippen LogP contribution in [-0.2, 0) is 16.0 Å². The van der Waals surface area contributed by atoms with Gasteiger partial charge in [0.2, 0.25) is 0 Å². The Kier molecular flexibility index (Phi) is 6.40. The van der Waals surface area contributed by atoms with E-state index in [1.807, 2.05) is 45.0 Å². The first kappa shape index (κ1) is 18.5. The molecule has 0 N–H and O–H groups in total. The number of nitrogens with zero attached hydrogens (tertiary/aromatic N) is 2. The van der Waals surface area contributed by atoms with Gasteiger partial charge in [-0.3, -0.25) is 0 Å². The topological polar surface area (TPSA) is 53.4 Å². The molecule has 0 aliphatic carbocycles. The maximum atomic E-state index is 12.2. The molecule has 1 aromatic carbocycles. The fourth-order valence-electron chi connectivity index (χ4n) is 2.25. The first-order valence-electron chi connectivity index (χ1n) is 7.95. The molecule has 0 saturated carbocycles. The second-order valence-corrected chi connectivity index (χ2v) is 6.31. The molecule has 130 valence electrons. The predicted molar refractivity (Wildman–Crippen MR) is 93.6 cm³/mol. The second-order valence-electron chi connectivity index (χ2n) is 5.95. The SMILES string of the molecule is Cc1ccc(Cn2nc(C)c(C(=O)OCCOC(C)C)c2Cl)cc1. The molecule has 1 aromatic heterocycles. The average Bonchev–Trinajstić information content (AvgIpc) is 2.80. The van der Waals surface area contributed by atoms with Gasteiger partial charge in [-0.2, -0.15) is 5.10 Å². The van der Waals surface area contributed by atoms with Gasteiger partial charge < -0.3 is 9.47 Å². The van der Waals surface area contributed by atoms with Crippen molar-refractivity contribution in [3.63, 3.8) is 0 Å². The van der Waals surface area contributed by atoms with Gasteiger partial charge in [-0.1, -0.05) is 41.4 Å². The average molecular weight is 351 g/mol. The molecule has 0 bridgehead atoms. The molecule has 1 heterocycles. The first-order valence-corrected chi connectivity index (χ1v) is 8.33. The fraction of sp³-hybridized carbons (Fsp3) is 0.444. The van der Waals surface area contributed by atoms with Gasteiger partial charge in [0.15, 0.2) is 0 Å². The van der Waals surface area contributed by atoms with Crippen LogP contribution in [0.15, 0.2) is 24.3 Å². The Balaban J connectivity index is 2.05. The summed E-state index contributed by atoms with van der Waals surface area (Å²) < 4.78 is 12.2. The summed E-state index contributed by atoms with van der Waals surface area (Å²) in [5.41, 5.74) is 3.12. The number of benzene rings is 1. The number of carbonyl (C=O) groups is 1. The normalized spacial score (nSPS) is 11.1. The highest BCUT2D eigenvalue weighted by Crippen LogP contribution is 2.22. The largest absolute Gasteiger partial charge is 0.460 e. The lowest BCUT2D eigenvalue weighted by Crippen LogP contribution is -2.14. The molecule has 24 heavy (non-hydrogen) atoms. The minimum absolute atomic E-state index is 0.103. The van der Waals surface area contributed by atoms with Crippen molar-refractivity contribution < 1.29 is 14.3 Å². The zero-order chi connectivity index (χ0) is 17.7. The highest BCUT2D eigenvalue weighted by Gasteiger charge is 2.21. The molecule has 0 saturated heterocycles. The van der Waals surface area contributed by atoms with Gasteiger partial charge in [0.25, 0.3) is 0 Å². The third-order valence-corrected chi connectivity index (χ3v) is 3.87. The summed E-state index contributed by atoms with van der Waals surface area (Å²) in [7, 11) is 0. The minimum atomic E-state index is -0.472. The van der Waals surface area contributed by atoms with E-state index in [4.69, 9.17) is 21.1 Å². The number of esters is 1. The third kappa shape index (κ3) is 4.82. The van der Waals surface area contributed by atoms with Crippen molar-refractivity contribution in [2.45, 2.75) is 40.3 Å². The highest BCUT2D eigenvalue weighted by atomic mass is 35.5. The minimum Gasteiger partial charge on any atom is -0.460 e. The van der Waals surface area contributed by atoms with Crippen molar-refractivity contribution in [2.75, 3.05) is 13.2 Å². The molecular weight excluding hydrogens is 328 g/mol. The van der Waals surface area contributed by atoms with E-state index in [1.165, 1.54) is 5.56 Å². The molecule has 2 aromatic rings. The Morgan fingerprint density at radius 3 is 2.50 bits per heavy atom. The third-order valence-electron chi connectivity index (χ3n) is 3.49. The van der Waals surface area contributed by atoms with Crippen LogP contribution in [0, 0.1) is 13.8 Å². The van der Waals surface area contributed by atoms with Crippen LogP contribution in [0.5, 0.6) is 0 Å². The molecule has 0 radical (unpaired) electrons. The standard InChI is InChI=1S/C18H23ClN2O3/c1-12(2)23-9-10-24-18(22)16-14(4)20-21(17(16)19)11-15-7-5-13(3)6-8-15/h5-8,12H,9-11H2,1-4H3. The van der Waals surface area contributed by atoms with Crippen molar-refractivity contribution in [1.29, 1.82) is 0 Å². The molecule has 6 heteroatoms. The van der Waals surface area contributed by atoms with Crippen LogP contribution in [0.4, 0.5) is 0 Å². The van der Waals surface area contributed by atoms with Crippen LogP contribution in [0.1, 0.15) is 41.0 Å². The molecular formula is C18H23ClN2O3. The lowest BCUT2D eigenvalue weighted by Gasteiger charge is -2.08. The zero-order valence-corrected chi connectivity index (χ0v) is 15.3. The lowest BCUT2D eigenvalue weighted by atomic mass is 10.1. The summed E-state index contributed by atoms with van der Waals surface area (Å²) in [6, 6.07) is 8.10. The number of hydrogen-bond acceptors (Lipinski definition) is 4. The number of carbonyl (C=O) groups excluding carboxylic acids is 1. The first-order chi connectivity index (χ1) is 11.4. The lowest BCUT2D eigenvalue weighted by molar-refractivity contribution is 0.0176. The molecule has 5 nitrogen and oxygen atoms in total. The van der Waals surface area contributed by atoms with Crippen LogP contribution in [0.2, 0.25) is 5.15 Å². The number of aryl methyl sites for hydroxylation is 2. The van der Waals surface area contributed by atoms with Gasteiger partial charge in [0, 0.05) is 0 Å². The molecule has 0 aliphatic heterocycles. The van der Waals surface area contributed by atoms with Crippen LogP contribution in [0.3, 0.4) is 0 Å². The number of halogens is 1. The van der Waals surface area contributed by atoms with Crippen molar-refractivity contribution >= 4 is 17.6 Å². The maximum Gasteiger partial charge on any atom is 0.343 e. The van der Waals surface area contributed by atoms with Crippen molar-refractivity contribution in [3.8, 4) is 0 Å². The smallest absolute Gasteiger partial charge is 0.343 e. The molecule has 0 fully saturated rings. The molecule has 0 amide bonds. The summed E-state index contributed by atoms with van der Waals surface area (Å²) in [6.07, 6.45) is 0.103. The van der Waals surface area contributed by atoms with Crippen LogP contribution in [-0.4, -0.2) is 35.1 Å². The van der Waals surface area contributed by atoms with E-state index in [0.717, 1.165) is 5.56 Å². The van der Waals surface area contributed by atoms with E-state index in [9.17, 15) is 4.79 Å². The Labute approximate surface area is 147 Å². The van der Waals surface area contributed by atoms with Crippen molar-refractivity contribution in [2.24, 2.45) is 0 Å². The zero-order valence-electron chi connectivity index (χ0n) is 14.5. The van der Waals surface area contributed by atoms with Gasteiger partial charge in [0.05, 0.1) is 24.9 Å². The molecule has 0 unspecified atom stereocenters. The van der Waals surface area contributed by atoms with Crippen LogP contribution < -0.4 is 0 Å². The van der Waals surface area contributed by atoms with Gasteiger partial charge in [-0.25, -0.2) is 9.48 Å². The number of aromatic nitrogens is 2. The molecule has 2 rings (SSSR count). The van der Waals surface area contributed by atoms with Crippen LogP contribution >= 0.6 is 11.6 Å². The summed E-state index contributed by atoms with van der Waals surface area (Å²) >= 11 is 6.34. The number of hydrogen-bond donors (Lipinski definition) is 0. The Morgan fingerprint density at radius 1 is 1.21 bits per heavy atom. The monoisotopic (exact) mass is 350 g/mol. The Hall–Kier alpha value is -1.85. The molecule has 0 atom stereocenters. The van der Waals surface area contributed by atoms with E-state index in [1.54, 1.807) is 11.6 Å². The summed E-state index contributed by atoms with van der Waals surface area (Å²) in [4.78, 5) is 12.2. The van der Waals surface area contributed by atoms with E-state index in [-0.39, 0.29) is 12.7 Å². The Bertz CT molecular complexity index is 693. The maximum absolute atomic E-state index is 12.2. The van der Waals surface area contributed by atoms with E-state index in [2.05, 4.69) is 5.10 Å². The van der Waals surface area contributed by atoms with Gasteiger partial charge >= 0.3 is 5.97 Å². The van der Waals surface area contributed by atoms with E-state index >= 15 is 0 Å². The van der Waals surface area contributed by atoms with Crippen LogP contribution in [0.25, 0.3) is 0 Å². The summed E-state index contributed by atoms with van der Waals surface area (Å²) in [5.74, 6) is -0.472.